The van der Waals surface area contributed by atoms with Crippen molar-refractivity contribution >= 4 is 15.9 Å². The Bertz CT molecular complexity index is 403. The van der Waals surface area contributed by atoms with Crippen LogP contribution in [0.15, 0.2) is 28.7 Å². The fraction of sp³-hybridized carbons (Fsp3) is 0.600. The van der Waals surface area contributed by atoms with Crippen LogP contribution < -0.4 is 5.73 Å². The number of aliphatic hydroxyl groups is 1. The number of rotatable bonds is 8. The number of likely N-dealkylation sites (N-methyl/N-ethyl adjacent to an activating group) is 1. The topological polar surface area (TPSA) is 58.7 Å². The molecule has 0 saturated carbocycles. The van der Waals surface area contributed by atoms with Crippen LogP contribution in [-0.2, 0) is 4.74 Å². The zero-order valence-electron chi connectivity index (χ0n) is 12.4. The Kier molecular flexibility index (Phi) is 7.69. The van der Waals surface area contributed by atoms with Crippen LogP contribution >= 0.6 is 15.9 Å². The molecule has 20 heavy (non-hydrogen) atoms. The van der Waals surface area contributed by atoms with Crippen LogP contribution in [0.5, 0.6) is 0 Å². The largest absolute Gasteiger partial charge is 0.389 e. The highest BCUT2D eigenvalue weighted by molar-refractivity contribution is 9.10. The van der Waals surface area contributed by atoms with Crippen molar-refractivity contribution in [3.63, 3.8) is 0 Å². The molecule has 0 radical (unpaired) electrons. The average molecular weight is 345 g/mol. The number of hydrogen-bond donors (Lipinski definition) is 2. The van der Waals surface area contributed by atoms with Crippen LogP contribution in [0.4, 0.5) is 0 Å². The van der Waals surface area contributed by atoms with E-state index in [1.54, 1.807) is 7.11 Å². The van der Waals surface area contributed by atoms with E-state index in [1.165, 1.54) is 0 Å². The minimum absolute atomic E-state index is 0.00782. The zero-order chi connectivity index (χ0) is 15.1. The maximum atomic E-state index is 9.92. The van der Waals surface area contributed by atoms with Crippen molar-refractivity contribution in [3.05, 3.63) is 34.3 Å². The van der Waals surface area contributed by atoms with Crippen molar-refractivity contribution < 1.29 is 9.84 Å². The molecular weight excluding hydrogens is 320 g/mol. The van der Waals surface area contributed by atoms with Crippen LogP contribution in [0.3, 0.4) is 0 Å². The lowest BCUT2D eigenvalue weighted by Gasteiger charge is -2.34. The molecule has 0 fully saturated rings. The van der Waals surface area contributed by atoms with Crippen molar-refractivity contribution in [1.29, 1.82) is 0 Å². The van der Waals surface area contributed by atoms with Gasteiger partial charge in [0.2, 0.25) is 0 Å². The third-order valence-corrected chi connectivity index (χ3v) is 4.16. The van der Waals surface area contributed by atoms with Gasteiger partial charge in [-0.15, -0.1) is 0 Å². The highest BCUT2D eigenvalue weighted by Crippen LogP contribution is 2.30. The van der Waals surface area contributed by atoms with Crippen molar-refractivity contribution in [3.8, 4) is 0 Å². The molecule has 5 heteroatoms. The summed E-state index contributed by atoms with van der Waals surface area (Å²) < 4.78 is 6.03. The number of nitrogens with two attached hydrogens (primary N) is 1. The maximum Gasteiger partial charge on any atom is 0.0900 e. The first-order valence-corrected chi connectivity index (χ1v) is 7.67. The summed E-state index contributed by atoms with van der Waals surface area (Å²) in [5.41, 5.74) is 7.44. The van der Waals surface area contributed by atoms with Gasteiger partial charge >= 0.3 is 0 Å². The second-order valence-electron chi connectivity index (χ2n) is 5.09. The molecule has 0 aliphatic rings. The quantitative estimate of drug-likeness (QED) is 0.758. The van der Waals surface area contributed by atoms with E-state index in [0.29, 0.717) is 13.2 Å². The van der Waals surface area contributed by atoms with Gasteiger partial charge in [-0.25, -0.2) is 0 Å². The van der Waals surface area contributed by atoms with Gasteiger partial charge in [-0.2, -0.15) is 0 Å². The first-order chi connectivity index (χ1) is 9.51. The van der Waals surface area contributed by atoms with Crippen LogP contribution in [0, 0.1) is 0 Å². The Morgan fingerprint density at radius 2 is 2.05 bits per heavy atom. The Labute approximate surface area is 130 Å². The molecule has 1 rings (SSSR count). The normalized spacial score (nSPS) is 16.1. The summed E-state index contributed by atoms with van der Waals surface area (Å²) in [5.74, 6) is 0. The van der Waals surface area contributed by atoms with Crippen LogP contribution in [0.25, 0.3) is 0 Å². The van der Waals surface area contributed by atoms with Crippen molar-refractivity contribution in [2.45, 2.75) is 31.5 Å². The highest BCUT2D eigenvalue weighted by Gasteiger charge is 2.26. The molecule has 4 nitrogen and oxygen atoms in total. The van der Waals surface area contributed by atoms with Crippen LogP contribution in [-0.4, -0.2) is 49.5 Å². The molecule has 0 saturated heterocycles. The zero-order valence-corrected chi connectivity index (χ0v) is 14.0. The third kappa shape index (κ3) is 4.82. The number of aliphatic hydroxyl groups excluding tert-OH is 1. The van der Waals surface area contributed by atoms with E-state index in [0.717, 1.165) is 16.5 Å². The van der Waals surface area contributed by atoms with Crippen molar-refractivity contribution in [1.82, 2.24) is 4.90 Å². The molecule has 3 atom stereocenters. The van der Waals surface area contributed by atoms with Crippen LogP contribution in [0.2, 0.25) is 0 Å². The molecule has 3 N–H and O–H groups in total. The minimum atomic E-state index is -0.515. The van der Waals surface area contributed by atoms with Gasteiger partial charge < -0.3 is 15.6 Å². The number of nitrogens with zero attached hydrogens (tertiary/aromatic N) is 1. The summed E-state index contributed by atoms with van der Waals surface area (Å²) in [6.45, 7) is 2.93. The fourth-order valence-electron chi connectivity index (χ4n) is 2.42. The second-order valence-corrected chi connectivity index (χ2v) is 5.94. The minimum Gasteiger partial charge on any atom is -0.389 e. The summed E-state index contributed by atoms with van der Waals surface area (Å²) in [7, 11) is 3.57. The summed E-state index contributed by atoms with van der Waals surface area (Å²) in [4.78, 5) is 2.10. The fourth-order valence-corrected chi connectivity index (χ4v) is 2.94. The molecule has 0 bridgehead atoms. The monoisotopic (exact) mass is 344 g/mol. The van der Waals surface area contributed by atoms with Gasteiger partial charge in [-0.05, 0) is 25.1 Å². The summed E-state index contributed by atoms with van der Waals surface area (Å²) in [6.07, 6.45) is 0.357. The molecule has 0 aliphatic carbocycles. The second kappa shape index (κ2) is 8.74. The molecule has 1 aromatic carbocycles. The number of methoxy groups -OCH3 is 1. The van der Waals surface area contributed by atoms with Gasteiger partial charge in [0.25, 0.3) is 0 Å². The standard InChI is InChI=1S/C15H25BrN2O2/c1-4-14(17)15(12-7-5-6-8-13(12)16)18(2)9-11(19)10-20-3/h5-8,11,14-15,19H,4,9-10,17H2,1-3H3. The lowest BCUT2D eigenvalue weighted by molar-refractivity contribution is 0.0308. The van der Waals surface area contributed by atoms with E-state index in [-0.39, 0.29) is 12.1 Å². The van der Waals surface area contributed by atoms with E-state index >= 15 is 0 Å². The SMILES string of the molecule is CCC(N)C(c1ccccc1Br)N(C)CC(O)COC. The summed E-state index contributed by atoms with van der Waals surface area (Å²) in [5, 5.41) is 9.92. The number of ether oxygens (including phenoxy) is 1. The number of benzene rings is 1. The summed E-state index contributed by atoms with van der Waals surface area (Å²) in [6, 6.07) is 8.15. The van der Waals surface area contributed by atoms with E-state index in [1.807, 2.05) is 25.2 Å². The average Bonchev–Trinajstić information content (AvgIpc) is 2.41. The van der Waals surface area contributed by atoms with Crippen molar-refractivity contribution in [2.24, 2.45) is 5.73 Å². The molecule has 0 amide bonds. The molecule has 1 aromatic rings. The van der Waals surface area contributed by atoms with E-state index in [4.69, 9.17) is 10.5 Å². The molecule has 3 unspecified atom stereocenters. The van der Waals surface area contributed by atoms with Crippen molar-refractivity contribution in [2.75, 3.05) is 27.3 Å². The van der Waals surface area contributed by atoms with Crippen LogP contribution in [0.1, 0.15) is 24.9 Å². The highest BCUT2D eigenvalue weighted by atomic mass is 79.9. The molecule has 0 aliphatic heterocycles. The van der Waals surface area contributed by atoms with E-state index in [2.05, 4.69) is 33.8 Å². The van der Waals surface area contributed by atoms with Gasteiger partial charge in [0.15, 0.2) is 0 Å². The van der Waals surface area contributed by atoms with Gasteiger partial charge in [0.1, 0.15) is 0 Å². The maximum absolute atomic E-state index is 9.92. The molecule has 114 valence electrons. The van der Waals surface area contributed by atoms with E-state index in [9.17, 15) is 5.11 Å². The van der Waals surface area contributed by atoms with Gasteiger partial charge in [-0.3, -0.25) is 4.90 Å². The molecule has 0 aromatic heterocycles. The lowest BCUT2D eigenvalue weighted by Crippen LogP contribution is -2.43. The predicted octanol–water partition coefficient (Wildman–Crippen LogP) is 2.17. The number of halogens is 1. The molecule has 0 spiro atoms. The Morgan fingerprint density at radius 1 is 1.40 bits per heavy atom. The first kappa shape index (κ1) is 17.6. The molecule has 0 heterocycles. The van der Waals surface area contributed by atoms with E-state index < -0.39 is 6.10 Å². The lowest BCUT2D eigenvalue weighted by atomic mass is 9.96. The smallest absolute Gasteiger partial charge is 0.0900 e. The molecular formula is C15H25BrN2O2. The Balaban J connectivity index is 2.92. The predicted molar refractivity (Wildman–Crippen MR) is 85.7 cm³/mol. The Hall–Kier alpha value is -0.460. The number of hydrogen-bond acceptors (Lipinski definition) is 4. The van der Waals surface area contributed by atoms with Gasteiger partial charge in [0, 0.05) is 24.2 Å². The first-order valence-electron chi connectivity index (χ1n) is 6.88. The Morgan fingerprint density at radius 3 is 2.60 bits per heavy atom. The van der Waals surface area contributed by atoms with Gasteiger partial charge in [-0.1, -0.05) is 41.1 Å². The third-order valence-electron chi connectivity index (χ3n) is 3.43. The summed E-state index contributed by atoms with van der Waals surface area (Å²) >= 11 is 3.59. The van der Waals surface area contributed by atoms with Gasteiger partial charge in [0.05, 0.1) is 18.8 Å².